The highest BCUT2D eigenvalue weighted by Gasteiger charge is 2.10. The molecule has 0 unspecified atom stereocenters. The lowest BCUT2D eigenvalue weighted by atomic mass is 10.1. The fraction of sp³-hybridized carbons (Fsp3) is 1.00. The summed E-state index contributed by atoms with van der Waals surface area (Å²) in [6, 6.07) is 0. The predicted octanol–water partition coefficient (Wildman–Crippen LogP) is 6.89. The first-order valence-electron chi connectivity index (χ1n) is 6.54. The van der Waals surface area contributed by atoms with Crippen molar-refractivity contribution in [2.75, 3.05) is 6.16 Å². The smallest absolute Gasteiger partial charge is 0.208 e. The van der Waals surface area contributed by atoms with Crippen molar-refractivity contribution < 1.29 is 4.57 Å². The predicted molar refractivity (Wildman–Crippen MR) is 82.2 cm³/mol. The van der Waals surface area contributed by atoms with Crippen LogP contribution in [0.2, 0.25) is 0 Å². The summed E-state index contributed by atoms with van der Waals surface area (Å²) in [6.45, 7) is 2.26. The topological polar surface area (TPSA) is 17.1 Å². The van der Waals surface area contributed by atoms with Gasteiger partial charge in [0.25, 0.3) is 0 Å². The van der Waals surface area contributed by atoms with Gasteiger partial charge in [0.2, 0.25) is 4.55 Å². The van der Waals surface area contributed by atoms with E-state index in [-0.39, 0.29) is 0 Å². The van der Waals surface area contributed by atoms with Crippen molar-refractivity contribution >= 4 is 35.5 Å². The van der Waals surface area contributed by atoms with Gasteiger partial charge in [-0.2, -0.15) is 0 Å². The molecule has 0 aliphatic heterocycles. The summed E-state index contributed by atoms with van der Waals surface area (Å²) in [6.07, 6.45) is 14.0. The molecule has 0 heterocycles. The molecule has 0 saturated carbocycles. The van der Waals surface area contributed by atoms with E-state index in [4.69, 9.17) is 0 Å². The highest BCUT2D eigenvalue weighted by atomic mass is 79.9. The Balaban J connectivity index is 3.02. The summed E-state index contributed by atoms with van der Waals surface area (Å²) in [5.74, 6) is 0. The number of hydrogen-bond donors (Lipinski definition) is 0. The Bertz CT molecular complexity index is 191. The SMILES string of the molecule is CCCCCCCCCCCCP(=O)(Br)Br. The van der Waals surface area contributed by atoms with Gasteiger partial charge in [-0.05, 0) is 37.4 Å². The Kier molecular flexibility index (Phi) is 12.1. The average Bonchev–Trinajstić information content (AvgIpc) is 2.19. The van der Waals surface area contributed by atoms with Gasteiger partial charge in [0.1, 0.15) is 0 Å². The van der Waals surface area contributed by atoms with Crippen molar-refractivity contribution in [3.05, 3.63) is 0 Å². The molecule has 0 atom stereocenters. The maximum Gasteiger partial charge on any atom is 0.208 e. The third-order valence-corrected chi connectivity index (χ3v) is 5.74. The van der Waals surface area contributed by atoms with E-state index < -0.39 is 4.55 Å². The fourth-order valence-electron chi connectivity index (χ4n) is 1.78. The summed E-state index contributed by atoms with van der Waals surface area (Å²) in [5, 5.41) is 0. The van der Waals surface area contributed by atoms with Crippen molar-refractivity contribution in [3.63, 3.8) is 0 Å². The Labute approximate surface area is 117 Å². The number of halogens is 2. The van der Waals surface area contributed by atoms with Crippen LogP contribution in [0, 0.1) is 0 Å². The van der Waals surface area contributed by atoms with E-state index in [0.29, 0.717) is 0 Å². The average molecular weight is 376 g/mol. The van der Waals surface area contributed by atoms with Crippen LogP contribution in [-0.4, -0.2) is 6.16 Å². The van der Waals surface area contributed by atoms with Crippen LogP contribution in [0.1, 0.15) is 71.1 Å². The van der Waals surface area contributed by atoms with Gasteiger partial charge in [0.15, 0.2) is 0 Å². The van der Waals surface area contributed by atoms with Gasteiger partial charge in [0.05, 0.1) is 0 Å². The van der Waals surface area contributed by atoms with E-state index in [1.165, 1.54) is 57.8 Å². The highest BCUT2D eigenvalue weighted by molar-refractivity contribution is 9.70. The molecule has 1 nitrogen and oxygen atoms in total. The molecule has 4 heteroatoms. The molecular weight excluding hydrogens is 351 g/mol. The van der Waals surface area contributed by atoms with E-state index in [0.717, 1.165) is 12.6 Å². The molecule has 0 aliphatic carbocycles. The van der Waals surface area contributed by atoms with E-state index >= 15 is 0 Å². The minimum atomic E-state index is -2.11. The molecule has 0 rings (SSSR count). The second-order valence-electron chi connectivity index (χ2n) is 4.48. The minimum Gasteiger partial charge on any atom is -0.300 e. The number of rotatable bonds is 11. The third kappa shape index (κ3) is 15.2. The van der Waals surface area contributed by atoms with Gasteiger partial charge >= 0.3 is 0 Å². The van der Waals surface area contributed by atoms with Crippen molar-refractivity contribution in [2.45, 2.75) is 71.1 Å². The van der Waals surface area contributed by atoms with Crippen LogP contribution in [0.15, 0.2) is 0 Å². The van der Waals surface area contributed by atoms with Crippen molar-refractivity contribution in [1.29, 1.82) is 0 Å². The fourth-order valence-corrected chi connectivity index (χ4v) is 3.88. The maximum absolute atomic E-state index is 11.3. The molecule has 0 radical (unpaired) electrons. The molecular formula is C12H25Br2OP. The largest absolute Gasteiger partial charge is 0.300 e. The van der Waals surface area contributed by atoms with Gasteiger partial charge in [-0.3, -0.25) is 4.57 Å². The molecule has 16 heavy (non-hydrogen) atoms. The van der Waals surface area contributed by atoms with Crippen LogP contribution in [0.3, 0.4) is 0 Å². The van der Waals surface area contributed by atoms with E-state index in [9.17, 15) is 4.57 Å². The van der Waals surface area contributed by atoms with Crippen LogP contribution >= 0.6 is 35.5 Å². The molecule has 0 aromatic carbocycles. The highest BCUT2D eigenvalue weighted by Crippen LogP contribution is 2.61. The molecule has 0 bridgehead atoms. The van der Waals surface area contributed by atoms with Crippen molar-refractivity contribution in [3.8, 4) is 0 Å². The Morgan fingerprint density at radius 3 is 1.50 bits per heavy atom. The van der Waals surface area contributed by atoms with E-state index in [1.54, 1.807) is 0 Å². The Morgan fingerprint density at radius 2 is 1.12 bits per heavy atom. The van der Waals surface area contributed by atoms with Crippen LogP contribution in [0.5, 0.6) is 0 Å². The minimum absolute atomic E-state index is 0.781. The summed E-state index contributed by atoms with van der Waals surface area (Å²) in [4.78, 5) is 0. The lowest BCUT2D eigenvalue weighted by Gasteiger charge is -2.03. The summed E-state index contributed by atoms with van der Waals surface area (Å²) < 4.78 is 9.17. The quantitative estimate of drug-likeness (QED) is 0.283. The van der Waals surface area contributed by atoms with Gasteiger partial charge in [-0.25, -0.2) is 0 Å². The summed E-state index contributed by atoms with van der Waals surface area (Å²) >= 11 is 6.34. The normalized spacial score (nSPS) is 11.9. The molecule has 0 aromatic rings. The van der Waals surface area contributed by atoms with Gasteiger partial charge in [0, 0.05) is 6.16 Å². The second-order valence-corrected chi connectivity index (χ2v) is 15.8. The molecule has 98 valence electrons. The molecule has 0 aliphatic rings. The second kappa shape index (κ2) is 11.3. The number of hydrogen-bond acceptors (Lipinski definition) is 1. The third-order valence-electron chi connectivity index (χ3n) is 2.77. The van der Waals surface area contributed by atoms with E-state index in [2.05, 4.69) is 37.9 Å². The zero-order chi connectivity index (χ0) is 12.3. The van der Waals surface area contributed by atoms with Crippen LogP contribution in [-0.2, 0) is 4.57 Å². The molecule has 0 saturated heterocycles. The maximum atomic E-state index is 11.3. The van der Waals surface area contributed by atoms with Gasteiger partial charge < -0.3 is 0 Å². The Hall–Kier alpha value is 1.19. The molecule has 0 spiro atoms. The van der Waals surface area contributed by atoms with Crippen molar-refractivity contribution in [2.24, 2.45) is 0 Å². The zero-order valence-corrected chi connectivity index (χ0v) is 14.5. The molecule has 0 aromatic heterocycles. The van der Waals surface area contributed by atoms with E-state index in [1.807, 2.05) is 0 Å². The lowest BCUT2D eigenvalue weighted by Crippen LogP contribution is -1.83. The van der Waals surface area contributed by atoms with Crippen molar-refractivity contribution in [1.82, 2.24) is 0 Å². The summed E-state index contributed by atoms with van der Waals surface area (Å²) in [7, 11) is 0. The zero-order valence-electron chi connectivity index (χ0n) is 10.4. The molecule has 0 N–H and O–H groups in total. The van der Waals surface area contributed by atoms with Crippen LogP contribution in [0.4, 0.5) is 0 Å². The molecule has 0 amide bonds. The lowest BCUT2D eigenvalue weighted by molar-refractivity contribution is 0.560. The Morgan fingerprint density at radius 1 is 0.750 bits per heavy atom. The first-order chi connectivity index (χ1) is 7.56. The standard InChI is InChI=1S/C12H25Br2OP/c1-2-3-4-5-6-7-8-9-10-11-12-16(13,14)15/h2-12H2,1H3. The number of unbranched alkanes of at least 4 members (excludes halogenated alkanes) is 9. The summed E-state index contributed by atoms with van der Waals surface area (Å²) in [5.41, 5.74) is 0. The molecule has 0 fully saturated rings. The van der Waals surface area contributed by atoms with Crippen LogP contribution in [0.25, 0.3) is 0 Å². The first kappa shape index (κ1) is 17.2. The monoisotopic (exact) mass is 374 g/mol. The van der Waals surface area contributed by atoms with Gasteiger partial charge in [-0.1, -0.05) is 64.7 Å². The first-order valence-corrected chi connectivity index (χ1v) is 12.5. The van der Waals surface area contributed by atoms with Crippen LogP contribution < -0.4 is 0 Å². The van der Waals surface area contributed by atoms with Gasteiger partial charge in [-0.15, -0.1) is 0 Å².